The van der Waals surface area contributed by atoms with Gasteiger partial charge < -0.3 is 88.9 Å². The van der Waals surface area contributed by atoms with Gasteiger partial charge in [0.2, 0.25) is 17.7 Å². The van der Waals surface area contributed by atoms with Crippen LogP contribution in [0.3, 0.4) is 0 Å². The average molecular weight is 1200 g/mol. The van der Waals surface area contributed by atoms with E-state index in [-0.39, 0.29) is 78.5 Å². The molecule has 1 fully saturated rings. The standard InChI is InChI=1S/C60H72N6O20/c1-2-53(71)62-19-22-78-24-26-80-28-30-82-32-31-81-29-27-79-25-23-77-20-17-54(72)61-18-4-3-5-48(66-37-47(64-65-66)39-8-6-38(7-9-39)16-21-83-59-50(70)36-49(69)55(85-59)57(74)75)56(73)63-40-10-13-44-43(33-40)58(76)86-60(44)45-14-11-41(67)34-51(45)84-52-35-42(68)12-15-46(52)60/h2,6-15,33-35,37,48-50,55,59,67-70H,1,3-5,16-32,36H2,(H,61,72)(H,62,71)(H,63,73)(H,74,75)/t48-,49?,50?,55-,59+/m0/s1. The highest BCUT2D eigenvalue weighted by molar-refractivity contribution is 6.00. The zero-order chi connectivity index (χ0) is 60.8. The Morgan fingerprint density at radius 1 is 0.721 bits per heavy atom. The van der Waals surface area contributed by atoms with Crippen LogP contribution >= 0.6 is 0 Å². The summed E-state index contributed by atoms with van der Waals surface area (Å²) in [4.78, 5) is 63.6. The third-order valence-corrected chi connectivity index (χ3v) is 14.1. The summed E-state index contributed by atoms with van der Waals surface area (Å²) in [6.45, 7) is 8.62. The molecule has 8 rings (SSSR count). The number of carbonyl (C=O) groups is 5. The van der Waals surface area contributed by atoms with Gasteiger partial charge in [0.15, 0.2) is 18.0 Å². The maximum absolute atomic E-state index is 14.4. The number of carbonyl (C=O) groups excluding carboxylic acids is 4. The molecule has 3 amide bonds. The summed E-state index contributed by atoms with van der Waals surface area (Å²) in [5.74, 6) is -2.67. The molecule has 26 nitrogen and oxygen atoms in total. The predicted molar refractivity (Wildman–Crippen MR) is 303 cm³/mol. The van der Waals surface area contributed by atoms with Crippen LogP contribution in [0.25, 0.3) is 11.3 Å². The number of phenols is 2. The quantitative estimate of drug-likeness (QED) is 0.0161. The lowest BCUT2D eigenvalue weighted by molar-refractivity contribution is -0.264. The Hall–Kier alpha value is -7.89. The van der Waals surface area contributed by atoms with Crippen molar-refractivity contribution >= 4 is 35.3 Å². The Labute approximate surface area is 495 Å². The lowest BCUT2D eigenvalue weighted by Gasteiger charge is -2.36. The van der Waals surface area contributed by atoms with Gasteiger partial charge in [0.25, 0.3) is 0 Å². The average Bonchev–Trinajstić information content (AvgIpc) is 1.45. The van der Waals surface area contributed by atoms with Gasteiger partial charge in [0, 0.05) is 66.0 Å². The van der Waals surface area contributed by atoms with Crippen molar-refractivity contribution in [3.8, 4) is 34.3 Å². The highest BCUT2D eigenvalue weighted by Gasteiger charge is 2.54. The number of benzene rings is 4. The number of esters is 1. The van der Waals surface area contributed by atoms with Crippen molar-refractivity contribution in [2.75, 3.05) is 104 Å². The molecule has 86 heavy (non-hydrogen) atoms. The van der Waals surface area contributed by atoms with Crippen molar-refractivity contribution < 1.29 is 96.9 Å². The van der Waals surface area contributed by atoms with Gasteiger partial charge in [0.05, 0.1) is 104 Å². The summed E-state index contributed by atoms with van der Waals surface area (Å²) in [5, 5.41) is 67.5. The number of anilines is 1. The molecule has 462 valence electrons. The molecular weight excluding hydrogens is 1120 g/mol. The zero-order valence-corrected chi connectivity index (χ0v) is 47.3. The second kappa shape index (κ2) is 32.0. The molecule has 0 radical (unpaired) electrons. The normalized spacial score (nSPS) is 17.6. The van der Waals surface area contributed by atoms with Crippen LogP contribution in [-0.4, -0.2) is 194 Å². The summed E-state index contributed by atoms with van der Waals surface area (Å²) < 4.78 is 57.6. The smallest absolute Gasteiger partial charge is 0.340 e. The second-order valence-corrected chi connectivity index (χ2v) is 20.1. The Kier molecular flexibility index (Phi) is 23.9. The third kappa shape index (κ3) is 17.4. The number of carboxylic acids is 1. The van der Waals surface area contributed by atoms with Crippen LogP contribution in [0.15, 0.2) is 97.7 Å². The van der Waals surface area contributed by atoms with Crippen molar-refractivity contribution in [1.29, 1.82) is 0 Å². The van der Waals surface area contributed by atoms with E-state index < -0.39 is 54.1 Å². The SMILES string of the molecule is C=CC(=O)NCCOCCOCCOCCOCCOCCOCCC(=O)NCCCC[C@@H](C(=O)Nc1ccc2c(c1)C(=O)OC21c2ccc(O)cc2Oc2cc(O)ccc21)n1cc(-c2ccc(CCO[C@@H]3O[C@H](C(=O)O)C(O)CC3O)cc2)nn1. The maximum Gasteiger partial charge on any atom is 0.340 e. The van der Waals surface area contributed by atoms with E-state index in [9.17, 15) is 49.5 Å². The van der Waals surface area contributed by atoms with Crippen LogP contribution < -0.4 is 20.7 Å². The van der Waals surface area contributed by atoms with Crippen LogP contribution in [0.4, 0.5) is 5.69 Å². The molecule has 3 aliphatic rings. The first-order valence-electron chi connectivity index (χ1n) is 28.3. The van der Waals surface area contributed by atoms with Crippen molar-refractivity contribution in [3.63, 3.8) is 0 Å². The van der Waals surface area contributed by atoms with E-state index in [1.165, 1.54) is 41.1 Å². The lowest BCUT2D eigenvalue weighted by Crippen LogP contribution is -2.51. The molecule has 1 aromatic heterocycles. The number of hydrogen-bond acceptors (Lipinski definition) is 21. The number of aliphatic hydroxyl groups is 2. The fraction of sp³-hybridized carbons (Fsp3) is 0.450. The third-order valence-electron chi connectivity index (χ3n) is 14.1. The number of aromatic hydroxyl groups is 2. The van der Waals surface area contributed by atoms with E-state index in [1.807, 2.05) is 24.3 Å². The first-order valence-corrected chi connectivity index (χ1v) is 28.3. The molecule has 26 heteroatoms. The molecule has 3 aliphatic heterocycles. The Bertz CT molecular complexity index is 3030. The number of aromatic nitrogens is 3. The number of nitrogens with zero attached hydrogens (tertiary/aromatic N) is 3. The number of ether oxygens (including phenoxy) is 10. The van der Waals surface area contributed by atoms with Crippen molar-refractivity contribution in [2.24, 2.45) is 0 Å². The van der Waals surface area contributed by atoms with Crippen molar-refractivity contribution in [3.05, 3.63) is 126 Å². The van der Waals surface area contributed by atoms with E-state index in [0.29, 0.717) is 133 Å². The largest absolute Gasteiger partial charge is 0.508 e. The fourth-order valence-electron chi connectivity index (χ4n) is 9.73. The van der Waals surface area contributed by atoms with Crippen LogP contribution in [0.1, 0.15) is 70.8 Å². The van der Waals surface area contributed by atoms with Crippen molar-refractivity contribution in [1.82, 2.24) is 25.6 Å². The molecular formula is C60H72N6O20. The molecule has 2 unspecified atom stereocenters. The predicted octanol–water partition coefficient (Wildman–Crippen LogP) is 3.66. The highest BCUT2D eigenvalue weighted by atomic mass is 16.7. The first-order chi connectivity index (χ1) is 41.7. The van der Waals surface area contributed by atoms with E-state index in [4.69, 9.17) is 47.4 Å². The molecule has 5 aromatic rings. The number of amides is 3. The summed E-state index contributed by atoms with van der Waals surface area (Å²) >= 11 is 0. The number of aliphatic hydroxyl groups excluding tert-OH is 2. The minimum atomic E-state index is -1.52. The van der Waals surface area contributed by atoms with Gasteiger partial charge in [-0.05, 0) is 73.7 Å². The maximum atomic E-state index is 14.4. The summed E-state index contributed by atoms with van der Waals surface area (Å²) in [5.41, 5.74) is 2.29. The van der Waals surface area contributed by atoms with E-state index in [2.05, 4.69) is 32.8 Å². The minimum Gasteiger partial charge on any atom is -0.508 e. The molecule has 5 atom stereocenters. The monoisotopic (exact) mass is 1200 g/mol. The van der Waals surface area contributed by atoms with Crippen LogP contribution in [0.2, 0.25) is 0 Å². The van der Waals surface area contributed by atoms with Crippen LogP contribution in [0.5, 0.6) is 23.0 Å². The summed E-state index contributed by atoms with van der Waals surface area (Å²) in [7, 11) is 0. The number of hydrogen-bond donors (Lipinski definition) is 8. The van der Waals surface area contributed by atoms with Crippen LogP contribution in [0, 0.1) is 0 Å². The molecule has 0 bridgehead atoms. The Morgan fingerprint density at radius 2 is 1.33 bits per heavy atom. The van der Waals surface area contributed by atoms with Gasteiger partial charge >= 0.3 is 11.9 Å². The highest BCUT2D eigenvalue weighted by Crippen LogP contribution is 2.57. The number of aliphatic carboxylic acids is 1. The molecule has 4 heterocycles. The van der Waals surface area contributed by atoms with Gasteiger partial charge in [-0.15, -0.1) is 5.10 Å². The van der Waals surface area contributed by atoms with Gasteiger partial charge in [-0.3, -0.25) is 14.4 Å². The molecule has 0 saturated carbocycles. The molecule has 1 saturated heterocycles. The number of fused-ring (bicyclic) bond motifs is 6. The zero-order valence-electron chi connectivity index (χ0n) is 47.3. The van der Waals surface area contributed by atoms with Crippen LogP contribution in [-0.2, 0) is 73.8 Å². The molecule has 8 N–H and O–H groups in total. The Morgan fingerprint density at radius 3 is 1.94 bits per heavy atom. The second-order valence-electron chi connectivity index (χ2n) is 20.1. The minimum absolute atomic E-state index is 0.0832. The van der Waals surface area contributed by atoms with Gasteiger partial charge in [-0.25, -0.2) is 14.3 Å². The summed E-state index contributed by atoms with van der Waals surface area (Å²) in [6, 6.07) is 20.2. The molecule has 1 spiro atoms. The lowest BCUT2D eigenvalue weighted by atomic mass is 9.77. The number of phenolic OH excluding ortho intramolecular Hbond substituents is 2. The van der Waals surface area contributed by atoms with Gasteiger partial charge in [-0.2, -0.15) is 0 Å². The van der Waals surface area contributed by atoms with Gasteiger partial charge in [0.1, 0.15) is 40.8 Å². The first kappa shape index (κ1) is 64.1. The topological polar surface area (TPSA) is 346 Å². The van der Waals surface area contributed by atoms with E-state index >= 15 is 0 Å². The molecule has 0 aliphatic carbocycles. The number of carboxylic acid groups (broad SMARTS) is 1. The number of rotatable bonds is 36. The summed E-state index contributed by atoms with van der Waals surface area (Å²) in [6.07, 6.45) is -0.879. The number of unbranched alkanes of at least 4 members (excludes halogenated alkanes) is 1. The van der Waals surface area contributed by atoms with Gasteiger partial charge in [-0.1, -0.05) is 42.1 Å². The molecule has 4 aromatic carbocycles. The fourth-order valence-corrected chi connectivity index (χ4v) is 9.73. The van der Waals surface area contributed by atoms with E-state index in [0.717, 1.165) is 5.56 Å². The number of nitrogens with one attached hydrogen (secondary N) is 3. The van der Waals surface area contributed by atoms with Crippen molar-refractivity contribution in [2.45, 2.75) is 74.8 Å². The van der Waals surface area contributed by atoms with E-state index in [1.54, 1.807) is 30.5 Å². The Balaban J connectivity index is 0.793.